The minimum Gasteiger partial charge on any atom is -0.494 e. The first-order chi connectivity index (χ1) is 14.7. The van der Waals surface area contributed by atoms with Crippen LogP contribution in [0.2, 0.25) is 0 Å². The van der Waals surface area contributed by atoms with E-state index in [4.69, 9.17) is 4.74 Å². The molecule has 0 aliphatic carbocycles. The number of nitrogens with zero attached hydrogens (tertiary/aromatic N) is 2. The minimum absolute atomic E-state index is 0.0109. The molecule has 1 amide bonds. The van der Waals surface area contributed by atoms with Gasteiger partial charge in [-0.3, -0.25) is 9.59 Å². The molecule has 7 nitrogen and oxygen atoms in total. The number of aromatic amines is 1. The lowest BCUT2D eigenvalue weighted by Crippen LogP contribution is -2.44. The highest BCUT2D eigenvalue weighted by Crippen LogP contribution is 2.22. The predicted octanol–water partition coefficient (Wildman–Crippen LogP) is 2.85. The van der Waals surface area contributed by atoms with Gasteiger partial charge in [0.2, 0.25) is 5.91 Å². The lowest BCUT2D eigenvalue weighted by atomic mass is 9.97. The number of amides is 1. The monoisotopic (exact) mass is 406 g/mol. The lowest BCUT2D eigenvalue weighted by molar-refractivity contribution is -0.125. The number of H-pyrrole nitrogens is 1. The molecule has 0 saturated carbocycles. The van der Waals surface area contributed by atoms with E-state index in [9.17, 15) is 9.59 Å². The molecule has 1 saturated heterocycles. The molecule has 156 valence electrons. The first-order valence-corrected chi connectivity index (χ1v) is 10.4. The van der Waals surface area contributed by atoms with Crippen molar-refractivity contribution in [1.82, 2.24) is 15.3 Å². The van der Waals surface area contributed by atoms with Crippen molar-refractivity contribution >= 4 is 22.8 Å². The molecule has 3 aromatic rings. The van der Waals surface area contributed by atoms with Crippen LogP contribution in [0.25, 0.3) is 11.0 Å². The van der Waals surface area contributed by atoms with Crippen LogP contribution in [0.4, 0.5) is 5.82 Å². The highest BCUT2D eigenvalue weighted by molar-refractivity contribution is 5.80. The van der Waals surface area contributed by atoms with E-state index in [0.717, 1.165) is 29.7 Å². The number of hydrogen-bond donors (Lipinski definition) is 2. The smallest absolute Gasteiger partial charge is 0.291 e. The Morgan fingerprint density at radius 2 is 2.03 bits per heavy atom. The Hall–Kier alpha value is -3.35. The fourth-order valence-electron chi connectivity index (χ4n) is 3.89. The summed E-state index contributed by atoms with van der Waals surface area (Å²) in [4.78, 5) is 34.7. The van der Waals surface area contributed by atoms with Gasteiger partial charge in [0.15, 0.2) is 5.82 Å². The molecule has 30 heavy (non-hydrogen) atoms. The average Bonchev–Trinajstić information content (AvgIpc) is 2.78. The van der Waals surface area contributed by atoms with Gasteiger partial charge in [0.25, 0.3) is 5.56 Å². The molecule has 1 aliphatic rings. The summed E-state index contributed by atoms with van der Waals surface area (Å²) in [5.74, 6) is 0.972. The molecule has 1 fully saturated rings. The quantitative estimate of drug-likeness (QED) is 0.657. The van der Waals surface area contributed by atoms with Gasteiger partial charge in [-0.25, -0.2) is 4.98 Å². The lowest BCUT2D eigenvalue weighted by Gasteiger charge is -2.32. The number of anilines is 1. The normalized spacial score (nSPS) is 16.4. The molecule has 4 rings (SSSR count). The molecule has 1 atom stereocenters. The number of hydrogen-bond acceptors (Lipinski definition) is 5. The van der Waals surface area contributed by atoms with Crippen LogP contribution in [0, 0.1) is 5.92 Å². The van der Waals surface area contributed by atoms with Crippen LogP contribution in [0.1, 0.15) is 25.3 Å². The maximum absolute atomic E-state index is 12.8. The number of ether oxygens (including phenoxy) is 1. The second-order valence-corrected chi connectivity index (χ2v) is 7.45. The topological polar surface area (TPSA) is 87.3 Å². The summed E-state index contributed by atoms with van der Waals surface area (Å²) in [6.45, 7) is 4.13. The van der Waals surface area contributed by atoms with Crippen molar-refractivity contribution in [3.8, 4) is 5.75 Å². The molecule has 7 heteroatoms. The van der Waals surface area contributed by atoms with E-state index in [1.807, 2.05) is 60.4 Å². The summed E-state index contributed by atoms with van der Waals surface area (Å²) in [5.41, 5.74) is 2.19. The molecule has 1 aliphatic heterocycles. The number of piperidine rings is 1. The van der Waals surface area contributed by atoms with Gasteiger partial charge in [0.1, 0.15) is 5.75 Å². The maximum atomic E-state index is 12.8. The number of nitrogens with one attached hydrogen (secondary N) is 2. The zero-order valence-corrected chi connectivity index (χ0v) is 17.1. The molecule has 1 unspecified atom stereocenters. The minimum atomic E-state index is -0.222. The fraction of sp³-hybridized carbons (Fsp3) is 0.348. The van der Waals surface area contributed by atoms with Crippen molar-refractivity contribution in [1.29, 1.82) is 0 Å². The van der Waals surface area contributed by atoms with E-state index < -0.39 is 0 Å². The Morgan fingerprint density at radius 1 is 1.23 bits per heavy atom. The molecule has 2 N–H and O–H groups in total. The standard InChI is InChI=1S/C23H26N4O3/c1-2-30-20-12-6-3-8-16(20)14-24-22(28)17-9-7-13-27(15-17)21-23(29)26-19-11-5-4-10-18(19)25-21/h3-6,8,10-12,17H,2,7,9,13-15H2,1H3,(H,24,28)(H,26,29). The first kappa shape index (κ1) is 19.9. The maximum Gasteiger partial charge on any atom is 0.291 e. The van der Waals surface area contributed by atoms with Crippen LogP contribution >= 0.6 is 0 Å². The third kappa shape index (κ3) is 4.30. The van der Waals surface area contributed by atoms with Crippen LogP contribution in [-0.4, -0.2) is 35.6 Å². The fourth-order valence-corrected chi connectivity index (χ4v) is 3.89. The Morgan fingerprint density at radius 3 is 2.90 bits per heavy atom. The number of carbonyl (C=O) groups excluding carboxylic acids is 1. The van der Waals surface area contributed by atoms with Crippen LogP contribution in [0.5, 0.6) is 5.75 Å². The predicted molar refractivity (Wildman–Crippen MR) is 117 cm³/mol. The van der Waals surface area contributed by atoms with Crippen molar-refractivity contribution in [2.45, 2.75) is 26.3 Å². The Kier molecular flexibility index (Phi) is 5.97. The van der Waals surface area contributed by atoms with Crippen molar-refractivity contribution in [3.05, 3.63) is 64.4 Å². The summed E-state index contributed by atoms with van der Waals surface area (Å²) in [6, 6.07) is 15.2. The van der Waals surface area contributed by atoms with Gasteiger partial charge in [-0.1, -0.05) is 30.3 Å². The summed E-state index contributed by atoms with van der Waals surface area (Å²) >= 11 is 0. The number of rotatable bonds is 6. The van der Waals surface area contributed by atoms with E-state index in [1.54, 1.807) is 0 Å². The molecular formula is C23H26N4O3. The highest BCUT2D eigenvalue weighted by Gasteiger charge is 2.28. The number of para-hydroxylation sites is 3. The second-order valence-electron chi connectivity index (χ2n) is 7.45. The van der Waals surface area contributed by atoms with E-state index in [0.29, 0.717) is 37.6 Å². The Bertz CT molecular complexity index is 1090. The Balaban J connectivity index is 1.45. The average molecular weight is 406 g/mol. The van der Waals surface area contributed by atoms with Gasteiger partial charge in [0, 0.05) is 25.2 Å². The molecule has 1 aromatic heterocycles. The third-order valence-corrected chi connectivity index (χ3v) is 5.40. The van der Waals surface area contributed by atoms with Gasteiger partial charge in [0.05, 0.1) is 23.6 Å². The highest BCUT2D eigenvalue weighted by atomic mass is 16.5. The van der Waals surface area contributed by atoms with Crippen LogP contribution < -0.4 is 20.5 Å². The summed E-state index contributed by atoms with van der Waals surface area (Å²) in [6.07, 6.45) is 1.63. The first-order valence-electron chi connectivity index (χ1n) is 10.4. The van der Waals surface area contributed by atoms with Gasteiger partial charge >= 0.3 is 0 Å². The summed E-state index contributed by atoms with van der Waals surface area (Å²) in [5, 5.41) is 3.03. The van der Waals surface area contributed by atoms with Crippen molar-refractivity contribution < 1.29 is 9.53 Å². The van der Waals surface area contributed by atoms with Gasteiger partial charge in [-0.05, 0) is 38.0 Å². The van der Waals surface area contributed by atoms with E-state index >= 15 is 0 Å². The number of fused-ring (bicyclic) bond motifs is 1. The van der Waals surface area contributed by atoms with E-state index in [-0.39, 0.29) is 17.4 Å². The Labute approximate surface area is 175 Å². The second kappa shape index (κ2) is 8.98. The molecular weight excluding hydrogens is 380 g/mol. The summed E-state index contributed by atoms with van der Waals surface area (Å²) < 4.78 is 5.63. The van der Waals surface area contributed by atoms with Crippen molar-refractivity contribution in [2.24, 2.45) is 5.92 Å². The number of benzene rings is 2. The van der Waals surface area contributed by atoms with Crippen LogP contribution in [0.15, 0.2) is 53.3 Å². The zero-order chi connectivity index (χ0) is 20.9. The van der Waals surface area contributed by atoms with Crippen molar-refractivity contribution in [2.75, 3.05) is 24.6 Å². The van der Waals surface area contributed by atoms with Crippen LogP contribution in [-0.2, 0) is 11.3 Å². The SMILES string of the molecule is CCOc1ccccc1CNC(=O)C1CCCN(c2nc3ccccc3[nH]c2=O)C1. The summed E-state index contributed by atoms with van der Waals surface area (Å²) in [7, 11) is 0. The van der Waals surface area contributed by atoms with Gasteiger partial charge in [-0.15, -0.1) is 0 Å². The largest absolute Gasteiger partial charge is 0.494 e. The van der Waals surface area contributed by atoms with Crippen LogP contribution in [0.3, 0.4) is 0 Å². The van der Waals surface area contributed by atoms with E-state index in [2.05, 4.69) is 15.3 Å². The number of aromatic nitrogens is 2. The van der Waals surface area contributed by atoms with Crippen molar-refractivity contribution in [3.63, 3.8) is 0 Å². The van der Waals surface area contributed by atoms with Gasteiger partial charge < -0.3 is 19.9 Å². The molecule has 2 aromatic carbocycles. The third-order valence-electron chi connectivity index (χ3n) is 5.40. The van der Waals surface area contributed by atoms with E-state index in [1.165, 1.54) is 0 Å². The van der Waals surface area contributed by atoms with Gasteiger partial charge in [-0.2, -0.15) is 0 Å². The molecule has 0 spiro atoms. The number of carbonyl (C=O) groups is 1. The molecule has 0 bridgehead atoms. The zero-order valence-electron chi connectivity index (χ0n) is 17.1. The molecule has 0 radical (unpaired) electrons. The molecule has 2 heterocycles.